The molecule has 3 aromatic rings. The van der Waals surface area contributed by atoms with Crippen molar-refractivity contribution < 1.29 is 32.3 Å². The molecule has 0 unspecified atom stereocenters. The predicted molar refractivity (Wildman–Crippen MR) is 118 cm³/mol. The first-order valence-electron chi connectivity index (χ1n) is 9.81. The van der Waals surface area contributed by atoms with Gasteiger partial charge in [-0.1, -0.05) is 17.3 Å². The van der Waals surface area contributed by atoms with Gasteiger partial charge in [0.05, 0.1) is 24.2 Å². The van der Waals surface area contributed by atoms with Crippen molar-refractivity contribution >= 4 is 21.7 Å². The van der Waals surface area contributed by atoms with Crippen LogP contribution in [0.3, 0.4) is 0 Å². The molecule has 0 aliphatic rings. The Bertz CT molecular complexity index is 1220. The number of ether oxygens (including phenoxy) is 2. The second kappa shape index (κ2) is 10.4. The number of methoxy groups -OCH3 is 1. The van der Waals surface area contributed by atoms with Gasteiger partial charge < -0.3 is 24.4 Å². The van der Waals surface area contributed by atoms with Gasteiger partial charge in [-0.25, -0.2) is 17.5 Å². The highest BCUT2D eigenvalue weighted by Gasteiger charge is 2.22. The van der Waals surface area contributed by atoms with Crippen LogP contribution < -0.4 is 10.1 Å². The first-order valence-corrected chi connectivity index (χ1v) is 11.3. The van der Waals surface area contributed by atoms with Crippen molar-refractivity contribution in [3.8, 4) is 17.1 Å². The molecule has 0 radical (unpaired) electrons. The van der Waals surface area contributed by atoms with Crippen LogP contribution in [-0.4, -0.2) is 68.3 Å². The average Bonchev–Trinajstić information content (AvgIpc) is 3.30. The molecule has 0 fully saturated rings. The van der Waals surface area contributed by atoms with Gasteiger partial charge in [0, 0.05) is 31.9 Å². The van der Waals surface area contributed by atoms with Crippen LogP contribution in [0.15, 0.2) is 51.9 Å². The maximum Gasteiger partial charge on any atom is 0.340 e. The third kappa shape index (κ3) is 5.66. The molecule has 12 heteroatoms. The number of nitrogens with one attached hydrogen (secondary N) is 1. The Labute approximate surface area is 191 Å². The lowest BCUT2D eigenvalue weighted by Crippen LogP contribution is -2.23. The molecule has 0 saturated heterocycles. The van der Waals surface area contributed by atoms with Crippen molar-refractivity contribution in [2.24, 2.45) is 0 Å². The smallest absolute Gasteiger partial charge is 0.340 e. The summed E-state index contributed by atoms with van der Waals surface area (Å²) in [5.41, 5.74) is 0.959. The van der Waals surface area contributed by atoms with Crippen LogP contribution in [-0.2, 0) is 21.4 Å². The fourth-order valence-corrected chi connectivity index (χ4v) is 3.73. The molecule has 1 aromatic heterocycles. The van der Waals surface area contributed by atoms with Crippen LogP contribution >= 0.6 is 0 Å². The van der Waals surface area contributed by atoms with Crippen molar-refractivity contribution in [2.75, 3.05) is 39.7 Å². The molecule has 0 saturated carbocycles. The summed E-state index contributed by atoms with van der Waals surface area (Å²) in [6, 6.07) is 11.1. The van der Waals surface area contributed by atoms with E-state index in [0.29, 0.717) is 22.8 Å². The molecule has 0 aliphatic carbocycles. The number of sulfonamides is 1. The Morgan fingerprint density at radius 3 is 2.70 bits per heavy atom. The molecular formula is C21H24N4O7S. The Balaban J connectivity index is 1.79. The summed E-state index contributed by atoms with van der Waals surface area (Å²) in [5.74, 6) is 0.181. The van der Waals surface area contributed by atoms with E-state index in [1.807, 2.05) is 0 Å². The molecule has 0 spiro atoms. The number of carbonyl (C=O) groups is 1. The predicted octanol–water partition coefficient (Wildman–Crippen LogP) is 1.76. The maximum absolute atomic E-state index is 12.8. The summed E-state index contributed by atoms with van der Waals surface area (Å²) in [6.07, 6.45) is 0. The van der Waals surface area contributed by atoms with E-state index in [1.165, 1.54) is 32.3 Å². The van der Waals surface area contributed by atoms with Gasteiger partial charge in [0.1, 0.15) is 5.75 Å². The summed E-state index contributed by atoms with van der Waals surface area (Å²) in [6.45, 7) is -0.339. The number of rotatable bonds is 10. The van der Waals surface area contributed by atoms with Crippen molar-refractivity contribution in [1.82, 2.24) is 14.4 Å². The van der Waals surface area contributed by atoms with E-state index < -0.39 is 16.0 Å². The highest BCUT2D eigenvalue weighted by atomic mass is 32.2. The second-order valence-electron chi connectivity index (χ2n) is 6.97. The minimum atomic E-state index is -3.77. The van der Waals surface area contributed by atoms with Gasteiger partial charge in [-0.15, -0.1) is 0 Å². The number of esters is 1. The third-order valence-corrected chi connectivity index (χ3v) is 6.35. The summed E-state index contributed by atoms with van der Waals surface area (Å²) >= 11 is 0. The lowest BCUT2D eigenvalue weighted by molar-refractivity contribution is 0.0430. The van der Waals surface area contributed by atoms with Crippen LogP contribution in [0.1, 0.15) is 16.2 Å². The third-order valence-electron chi connectivity index (χ3n) is 4.54. The number of hydrogen-bond acceptors (Lipinski definition) is 10. The van der Waals surface area contributed by atoms with Gasteiger partial charge >= 0.3 is 5.97 Å². The lowest BCUT2D eigenvalue weighted by atomic mass is 10.2. The van der Waals surface area contributed by atoms with Crippen molar-refractivity contribution in [1.29, 1.82) is 0 Å². The topological polar surface area (TPSA) is 144 Å². The minimum absolute atomic E-state index is 0.0149. The number of aliphatic hydroxyl groups excluding tert-OH is 1. The van der Waals surface area contributed by atoms with E-state index in [4.69, 9.17) is 19.1 Å². The van der Waals surface area contributed by atoms with Crippen LogP contribution in [0.5, 0.6) is 5.75 Å². The van der Waals surface area contributed by atoms with E-state index in [9.17, 15) is 13.2 Å². The highest BCUT2D eigenvalue weighted by Crippen LogP contribution is 2.24. The van der Waals surface area contributed by atoms with E-state index in [2.05, 4.69) is 15.5 Å². The largest absolute Gasteiger partial charge is 0.497 e. The first-order chi connectivity index (χ1) is 15.8. The molecule has 0 aliphatic heterocycles. The van der Waals surface area contributed by atoms with Crippen molar-refractivity contribution in [2.45, 2.75) is 11.5 Å². The number of hydrogen-bond donors (Lipinski definition) is 2. The molecule has 2 N–H and O–H groups in total. The molecule has 1 heterocycles. The van der Waals surface area contributed by atoms with Crippen LogP contribution in [0.25, 0.3) is 11.4 Å². The molecule has 33 heavy (non-hydrogen) atoms. The molecule has 2 aromatic carbocycles. The van der Waals surface area contributed by atoms with Crippen LogP contribution in [0.2, 0.25) is 0 Å². The van der Waals surface area contributed by atoms with E-state index in [-0.39, 0.29) is 36.1 Å². The van der Waals surface area contributed by atoms with Gasteiger partial charge in [-0.3, -0.25) is 0 Å². The van der Waals surface area contributed by atoms with Crippen LogP contribution in [0.4, 0.5) is 5.69 Å². The zero-order valence-electron chi connectivity index (χ0n) is 18.3. The van der Waals surface area contributed by atoms with Crippen molar-refractivity contribution in [3.63, 3.8) is 0 Å². The molecule has 0 atom stereocenters. The zero-order valence-corrected chi connectivity index (χ0v) is 19.1. The van der Waals surface area contributed by atoms with Crippen molar-refractivity contribution in [3.05, 3.63) is 53.9 Å². The Hall–Kier alpha value is -3.48. The van der Waals surface area contributed by atoms with Gasteiger partial charge in [0.2, 0.25) is 15.8 Å². The summed E-state index contributed by atoms with van der Waals surface area (Å²) < 4.78 is 41.6. The molecule has 0 amide bonds. The SMILES string of the molecule is COc1cccc(-c2noc(COC(=O)c3cc(S(=O)(=O)N(C)C)ccc3NCCO)n2)c1. The first kappa shape index (κ1) is 24.2. The molecule has 11 nitrogen and oxygen atoms in total. The van der Waals surface area contributed by atoms with Gasteiger partial charge in [0.15, 0.2) is 6.61 Å². The number of aromatic nitrogens is 2. The molecular weight excluding hydrogens is 452 g/mol. The highest BCUT2D eigenvalue weighted by molar-refractivity contribution is 7.89. The number of aliphatic hydroxyl groups is 1. The Kier molecular flexibility index (Phi) is 7.63. The van der Waals surface area contributed by atoms with Gasteiger partial charge in [-0.2, -0.15) is 4.98 Å². The fraction of sp³-hybridized carbons (Fsp3) is 0.286. The number of benzene rings is 2. The molecule has 0 bridgehead atoms. The normalized spacial score (nSPS) is 11.4. The fourth-order valence-electron chi connectivity index (χ4n) is 2.81. The van der Waals surface area contributed by atoms with Gasteiger partial charge in [-0.05, 0) is 30.3 Å². The molecule has 176 valence electrons. The average molecular weight is 477 g/mol. The van der Waals surface area contributed by atoms with E-state index in [1.54, 1.807) is 31.4 Å². The number of carbonyl (C=O) groups excluding carboxylic acids is 1. The Morgan fingerprint density at radius 1 is 1.21 bits per heavy atom. The summed E-state index contributed by atoms with van der Waals surface area (Å²) in [4.78, 5) is 16.9. The minimum Gasteiger partial charge on any atom is -0.497 e. The number of nitrogens with zero attached hydrogens (tertiary/aromatic N) is 3. The maximum atomic E-state index is 12.8. The van der Waals surface area contributed by atoms with Crippen LogP contribution in [0, 0.1) is 0 Å². The lowest BCUT2D eigenvalue weighted by Gasteiger charge is -2.15. The summed E-state index contributed by atoms with van der Waals surface area (Å²) in [5, 5.41) is 15.8. The zero-order chi connectivity index (χ0) is 24.0. The van der Waals surface area contributed by atoms with E-state index >= 15 is 0 Å². The summed E-state index contributed by atoms with van der Waals surface area (Å²) in [7, 11) is 0.550. The standard InChI is InChI=1S/C21H24N4O7S/c1-25(2)33(28,29)16-7-8-18(22-9-10-26)17(12-16)21(27)31-13-19-23-20(24-32-19)14-5-4-6-15(11-14)30-3/h4-8,11-12,22,26H,9-10,13H2,1-3H3. The second-order valence-corrected chi connectivity index (χ2v) is 9.12. The Morgan fingerprint density at radius 2 is 2.00 bits per heavy atom. The quantitative estimate of drug-likeness (QED) is 0.415. The monoisotopic (exact) mass is 476 g/mol. The van der Waals surface area contributed by atoms with Gasteiger partial charge in [0.25, 0.3) is 5.89 Å². The van der Waals surface area contributed by atoms with E-state index in [0.717, 1.165) is 4.31 Å². The molecule has 3 rings (SSSR count). The number of anilines is 1.